The number of aryl methyl sites for hydroxylation is 2. The summed E-state index contributed by atoms with van der Waals surface area (Å²) in [6.45, 7) is 6.20. The van der Waals surface area contributed by atoms with Crippen LogP contribution in [0.5, 0.6) is 5.88 Å². The molecule has 0 saturated carbocycles. The molecule has 1 fully saturated rings. The molecular formula is C17H22N4O3S. The summed E-state index contributed by atoms with van der Waals surface area (Å²) in [4.78, 5) is 20.5. The number of nitrogens with one attached hydrogen (secondary N) is 2. The molecule has 0 atom stereocenters. The zero-order chi connectivity index (χ0) is 17.6. The Bertz CT molecular complexity index is 728. The Hall–Kier alpha value is -2.19. The Morgan fingerprint density at radius 2 is 2.20 bits per heavy atom. The molecule has 2 aromatic heterocycles. The van der Waals surface area contributed by atoms with Crippen molar-refractivity contribution in [3.8, 4) is 5.88 Å². The highest BCUT2D eigenvalue weighted by Crippen LogP contribution is 2.32. The first-order chi connectivity index (χ1) is 12.1. The Labute approximate surface area is 150 Å². The van der Waals surface area contributed by atoms with Gasteiger partial charge in [0, 0.05) is 37.3 Å². The second kappa shape index (κ2) is 8.26. The predicted octanol–water partition coefficient (Wildman–Crippen LogP) is 3.60. The first kappa shape index (κ1) is 17.6. The highest BCUT2D eigenvalue weighted by atomic mass is 32.1. The number of carbonyl (C=O) groups is 1. The summed E-state index contributed by atoms with van der Waals surface area (Å²) in [6.07, 6.45) is 3.16. The first-order valence-electron chi connectivity index (χ1n) is 8.30. The van der Waals surface area contributed by atoms with Crippen LogP contribution in [-0.2, 0) is 4.74 Å². The molecule has 0 spiro atoms. The number of carbonyl (C=O) groups excluding carboxylic acids is 1. The molecule has 3 heterocycles. The van der Waals surface area contributed by atoms with Gasteiger partial charge >= 0.3 is 6.09 Å². The number of amides is 1. The number of thiazole rings is 1. The Morgan fingerprint density at radius 1 is 1.40 bits per heavy atom. The number of nitrogens with zero attached hydrogens (tertiary/aromatic N) is 2. The van der Waals surface area contributed by atoms with Crippen molar-refractivity contribution in [2.75, 3.05) is 30.4 Å². The smallest absolute Gasteiger partial charge is 0.388 e. The lowest BCUT2D eigenvalue weighted by Gasteiger charge is -2.22. The van der Waals surface area contributed by atoms with Gasteiger partial charge in [-0.2, -0.15) is 0 Å². The third-order valence-corrected chi connectivity index (χ3v) is 4.84. The first-order valence-corrected chi connectivity index (χ1v) is 9.12. The zero-order valence-corrected chi connectivity index (χ0v) is 15.2. The normalized spacial score (nSPS) is 15.0. The average molecular weight is 362 g/mol. The molecule has 2 aromatic rings. The largest absolute Gasteiger partial charge is 0.418 e. The fourth-order valence-electron chi connectivity index (χ4n) is 2.63. The minimum absolute atomic E-state index is 0.317. The van der Waals surface area contributed by atoms with Crippen molar-refractivity contribution < 1.29 is 14.3 Å². The van der Waals surface area contributed by atoms with Crippen molar-refractivity contribution in [1.29, 1.82) is 0 Å². The molecule has 0 aromatic carbocycles. The summed E-state index contributed by atoms with van der Waals surface area (Å²) < 4.78 is 10.8. The van der Waals surface area contributed by atoms with Crippen molar-refractivity contribution >= 4 is 28.1 Å². The zero-order valence-electron chi connectivity index (χ0n) is 14.4. The van der Waals surface area contributed by atoms with Crippen LogP contribution in [0.15, 0.2) is 18.3 Å². The van der Waals surface area contributed by atoms with Crippen LogP contribution in [0, 0.1) is 19.8 Å². The third-order valence-electron chi connectivity index (χ3n) is 3.93. The van der Waals surface area contributed by atoms with Crippen LogP contribution in [0.4, 0.5) is 15.5 Å². The van der Waals surface area contributed by atoms with Gasteiger partial charge in [0.05, 0.1) is 5.01 Å². The van der Waals surface area contributed by atoms with Crippen LogP contribution in [0.2, 0.25) is 0 Å². The third kappa shape index (κ3) is 5.14. The molecule has 1 saturated heterocycles. The van der Waals surface area contributed by atoms with E-state index >= 15 is 0 Å². The van der Waals surface area contributed by atoms with Gasteiger partial charge in [-0.1, -0.05) is 11.3 Å². The molecule has 134 valence electrons. The van der Waals surface area contributed by atoms with Gasteiger partial charge in [0.25, 0.3) is 5.88 Å². The van der Waals surface area contributed by atoms with E-state index in [0.29, 0.717) is 17.5 Å². The van der Waals surface area contributed by atoms with Crippen LogP contribution in [-0.4, -0.2) is 35.8 Å². The molecule has 2 N–H and O–H groups in total. The van der Waals surface area contributed by atoms with E-state index < -0.39 is 6.09 Å². The summed E-state index contributed by atoms with van der Waals surface area (Å²) in [7, 11) is 0. The predicted molar refractivity (Wildman–Crippen MR) is 97.5 cm³/mol. The van der Waals surface area contributed by atoms with E-state index in [9.17, 15) is 4.79 Å². The number of hydrogen-bond acceptors (Lipinski definition) is 7. The van der Waals surface area contributed by atoms with E-state index in [1.165, 1.54) is 11.3 Å². The number of aromatic nitrogens is 2. The minimum atomic E-state index is -0.565. The summed E-state index contributed by atoms with van der Waals surface area (Å²) in [5.74, 6) is 0.885. The van der Waals surface area contributed by atoms with Gasteiger partial charge < -0.3 is 14.8 Å². The van der Waals surface area contributed by atoms with E-state index in [2.05, 4.69) is 20.6 Å². The second-order valence-corrected chi connectivity index (χ2v) is 7.21. The fraction of sp³-hybridized carbons (Fsp3) is 0.471. The van der Waals surface area contributed by atoms with Gasteiger partial charge in [0.15, 0.2) is 5.00 Å². The van der Waals surface area contributed by atoms with E-state index in [1.54, 1.807) is 18.3 Å². The lowest BCUT2D eigenvalue weighted by molar-refractivity contribution is 0.0699. The van der Waals surface area contributed by atoms with Crippen LogP contribution in [0.1, 0.15) is 23.5 Å². The molecule has 0 bridgehead atoms. The standard InChI is InChI=1S/C17H22N4O3S/c1-11-9-14(3-6-18-11)21-17(22)24-15-16(25-12(2)20-15)19-10-13-4-7-23-8-5-13/h3,6,9,13,19H,4-5,7-8,10H2,1-2H3,(H,18,21,22). The minimum Gasteiger partial charge on any atom is -0.388 e. The van der Waals surface area contributed by atoms with Crippen LogP contribution in [0.25, 0.3) is 0 Å². The van der Waals surface area contributed by atoms with Crippen LogP contribution < -0.4 is 15.4 Å². The van der Waals surface area contributed by atoms with E-state index in [-0.39, 0.29) is 0 Å². The lowest BCUT2D eigenvalue weighted by Crippen LogP contribution is -2.23. The molecule has 25 heavy (non-hydrogen) atoms. The van der Waals surface area contributed by atoms with Gasteiger partial charge in [-0.15, -0.1) is 0 Å². The van der Waals surface area contributed by atoms with Crippen molar-refractivity contribution in [3.05, 3.63) is 29.0 Å². The number of hydrogen-bond donors (Lipinski definition) is 2. The van der Waals surface area contributed by atoms with Crippen molar-refractivity contribution in [1.82, 2.24) is 9.97 Å². The molecule has 0 radical (unpaired) electrons. The van der Waals surface area contributed by atoms with Gasteiger partial charge in [-0.25, -0.2) is 9.78 Å². The number of anilines is 2. The van der Waals surface area contributed by atoms with Gasteiger partial charge in [-0.3, -0.25) is 10.3 Å². The van der Waals surface area contributed by atoms with Crippen molar-refractivity contribution in [3.63, 3.8) is 0 Å². The van der Waals surface area contributed by atoms with Crippen molar-refractivity contribution in [2.24, 2.45) is 5.92 Å². The molecule has 0 unspecified atom stereocenters. The number of ether oxygens (including phenoxy) is 2. The second-order valence-electron chi connectivity index (χ2n) is 6.00. The quantitative estimate of drug-likeness (QED) is 0.845. The average Bonchev–Trinajstić information content (AvgIpc) is 2.93. The van der Waals surface area contributed by atoms with Gasteiger partial charge in [-0.05, 0) is 44.7 Å². The van der Waals surface area contributed by atoms with E-state index in [4.69, 9.17) is 9.47 Å². The maximum absolute atomic E-state index is 12.1. The molecule has 7 nitrogen and oxygen atoms in total. The highest BCUT2D eigenvalue weighted by molar-refractivity contribution is 7.16. The van der Waals surface area contributed by atoms with Crippen LogP contribution in [0.3, 0.4) is 0 Å². The lowest BCUT2D eigenvalue weighted by atomic mass is 10.0. The molecule has 0 aliphatic carbocycles. The maximum atomic E-state index is 12.1. The molecule has 1 amide bonds. The monoisotopic (exact) mass is 362 g/mol. The number of rotatable bonds is 5. The molecule has 3 rings (SSSR count). The Morgan fingerprint density at radius 3 is 2.96 bits per heavy atom. The summed E-state index contributed by atoms with van der Waals surface area (Å²) in [5, 5.41) is 7.69. The van der Waals surface area contributed by atoms with Gasteiger partial charge in [0.1, 0.15) is 0 Å². The highest BCUT2D eigenvalue weighted by Gasteiger charge is 2.18. The topological polar surface area (TPSA) is 85.4 Å². The Kier molecular flexibility index (Phi) is 5.83. The Balaban J connectivity index is 1.58. The van der Waals surface area contributed by atoms with E-state index in [0.717, 1.165) is 48.3 Å². The molecule has 1 aliphatic heterocycles. The SMILES string of the molecule is Cc1cc(NC(=O)Oc2nc(C)sc2NCC2CCOCC2)ccn1. The van der Waals surface area contributed by atoms with Crippen LogP contribution >= 0.6 is 11.3 Å². The van der Waals surface area contributed by atoms with Crippen molar-refractivity contribution in [2.45, 2.75) is 26.7 Å². The molecule has 8 heteroatoms. The molecular weight excluding hydrogens is 340 g/mol. The maximum Gasteiger partial charge on any atom is 0.418 e. The van der Waals surface area contributed by atoms with E-state index in [1.807, 2.05) is 13.8 Å². The molecule has 1 aliphatic rings. The van der Waals surface area contributed by atoms with Gasteiger partial charge in [0.2, 0.25) is 0 Å². The summed E-state index contributed by atoms with van der Waals surface area (Å²) >= 11 is 1.49. The summed E-state index contributed by atoms with van der Waals surface area (Å²) in [5.41, 5.74) is 1.46. The number of pyridine rings is 1. The fourth-order valence-corrected chi connectivity index (χ4v) is 3.38. The summed E-state index contributed by atoms with van der Waals surface area (Å²) in [6, 6.07) is 3.49.